The quantitative estimate of drug-likeness (QED) is 0.117. The van der Waals surface area contributed by atoms with Crippen LogP contribution in [0.1, 0.15) is 95.1 Å². The lowest BCUT2D eigenvalue weighted by atomic mass is 9.76. The zero-order valence-electron chi connectivity index (χ0n) is 33.0. The molecular weight excluding hydrogens is 705 g/mol. The van der Waals surface area contributed by atoms with Gasteiger partial charge in [-0.2, -0.15) is 0 Å². The highest BCUT2D eigenvalue weighted by molar-refractivity contribution is 8.00. The largest absolute Gasteiger partial charge is 0.506 e. The van der Waals surface area contributed by atoms with Gasteiger partial charge in [0.2, 0.25) is 0 Å². The van der Waals surface area contributed by atoms with E-state index in [-0.39, 0.29) is 33.5 Å². The maximum atomic E-state index is 13.6. The number of nitrogens with zero attached hydrogens (tertiary/aromatic N) is 5. The molecule has 1 aromatic heterocycles. The molecule has 0 fully saturated rings. The van der Waals surface area contributed by atoms with Crippen molar-refractivity contribution in [1.82, 2.24) is 20.3 Å². The molecule has 7 rings (SSSR count). The number of rotatable bonds is 13. The van der Waals surface area contributed by atoms with E-state index in [1.165, 1.54) is 21.7 Å². The van der Waals surface area contributed by atoms with E-state index >= 15 is 0 Å². The van der Waals surface area contributed by atoms with Gasteiger partial charge in [-0.15, -0.1) is 5.10 Å². The van der Waals surface area contributed by atoms with Crippen LogP contribution >= 0.6 is 11.8 Å². The Morgan fingerprint density at radius 1 is 0.964 bits per heavy atom. The van der Waals surface area contributed by atoms with Crippen molar-refractivity contribution >= 4 is 52.0 Å². The second kappa shape index (κ2) is 15.6. The van der Waals surface area contributed by atoms with Crippen LogP contribution in [0.5, 0.6) is 11.5 Å². The molecule has 0 saturated carbocycles. The highest BCUT2D eigenvalue weighted by Crippen LogP contribution is 2.43. The summed E-state index contributed by atoms with van der Waals surface area (Å²) in [6.07, 6.45) is 8.26. The third kappa shape index (κ3) is 7.61. The van der Waals surface area contributed by atoms with E-state index in [1.54, 1.807) is 22.5 Å². The Hall–Kier alpha value is -5.09. The number of benzene rings is 4. The summed E-state index contributed by atoms with van der Waals surface area (Å²) >= 11 is 1.74. The van der Waals surface area contributed by atoms with E-state index in [1.807, 2.05) is 36.4 Å². The SMILES string of the molecule is CCC(C)(C)c1ccc(OCCCCNC(=O)c2cc(-n3nnc4c3=CCC(=NC3Sc5ccccc5N3C)C=4)c3ccccc3c2O)c(C(C)(C)CC)c1. The van der Waals surface area contributed by atoms with Crippen LogP contribution in [-0.4, -0.2) is 57.4 Å². The number of carbonyl (C=O) groups is 1. The van der Waals surface area contributed by atoms with E-state index in [9.17, 15) is 9.90 Å². The van der Waals surface area contributed by atoms with Crippen LogP contribution in [0.2, 0.25) is 0 Å². The highest BCUT2D eigenvalue weighted by Gasteiger charge is 2.28. The van der Waals surface area contributed by atoms with Crippen molar-refractivity contribution in [2.45, 2.75) is 94.9 Å². The lowest BCUT2D eigenvalue weighted by Crippen LogP contribution is -2.34. The second-order valence-corrected chi connectivity index (χ2v) is 16.9. The first kappa shape index (κ1) is 38.2. The number of nitrogens with one attached hydrogen (secondary N) is 1. The van der Waals surface area contributed by atoms with E-state index in [4.69, 9.17) is 9.73 Å². The van der Waals surface area contributed by atoms with Crippen molar-refractivity contribution in [2.75, 3.05) is 25.1 Å². The summed E-state index contributed by atoms with van der Waals surface area (Å²) in [4.78, 5) is 22.1. The smallest absolute Gasteiger partial charge is 0.255 e. The number of carbonyl (C=O) groups excluding carboxylic acids is 1. The van der Waals surface area contributed by atoms with Crippen LogP contribution in [-0.2, 0) is 10.8 Å². The Morgan fingerprint density at radius 3 is 2.47 bits per heavy atom. The number of unbranched alkanes of at least 4 members (excludes halogenated alkanes) is 1. The van der Waals surface area contributed by atoms with Crippen LogP contribution in [0.4, 0.5) is 5.69 Å². The van der Waals surface area contributed by atoms with Gasteiger partial charge in [0.15, 0.2) is 5.50 Å². The molecule has 10 heteroatoms. The topological polar surface area (TPSA) is 105 Å². The number of phenolic OH excluding ortho intramolecular Hbond substituents is 1. The average Bonchev–Trinajstić information content (AvgIpc) is 3.76. The summed E-state index contributed by atoms with van der Waals surface area (Å²) in [6, 6.07) is 24.2. The number of fused-ring (bicyclic) bond motifs is 3. The minimum Gasteiger partial charge on any atom is -0.506 e. The molecule has 0 radical (unpaired) electrons. The van der Waals surface area contributed by atoms with Crippen molar-refractivity contribution in [2.24, 2.45) is 4.99 Å². The Morgan fingerprint density at radius 2 is 1.71 bits per heavy atom. The predicted molar refractivity (Wildman–Crippen MR) is 225 cm³/mol. The highest BCUT2D eigenvalue weighted by atomic mass is 32.2. The Bertz CT molecular complexity index is 2400. The number of anilines is 1. The summed E-state index contributed by atoms with van der Waals surface area (Å²) in [5.41, 5.74) is 5.58. The molecule has 9 nitrogen and oxygen atoms in total. The fraction of sp³-hybridized carbons (Fsp3) is 0.378. The van der Waals surface area contributed by atoms with Gasteiger partial charge >= 0.3 is 0 Å². The first-order valence-electron chi connectivity index (χ1n) is 19.4. The molecule has 0 saturated heterocycles. The molecule has 1 atom stereocenters. The van der Waals surface area contributed by atoms with Crippen molar-refractivity contribution in [3.63, 3.8) is 0 Å². The first-order chi connectivity index (χ1) is 26.4. The van der Waals surface area contributed by atoms with Gasteiger partial charge in [0.1, 0.15) is 16.8 Å². The van der Waals surface area contributed by atoms with Gasteiger partial charge in [-0.25, -0.2) is 4.68 Å². The number of aromatic nitrogens is 3. The number of ether oxygens (including phenoxy) is 1. The Labute approximate surface area is 328 Å². The molecule has 0 spiro atoms. The normalized spacial score (nSPS) is 16.1. The molecule has 1 aliphatic carbocycles. The molecule has 55 heavy (non-hydrogen) atoms. The van der Waals surface area contributed by atoms with Gasteiger partial charge in [0, 0.05) is 47.0 Å². The number of aromatic hydroxyl groups is 1. The van der Waals surface area contributed by atoms with Gasteiger partial charge < -0.3 is 20.1 Å². The van der Waals surface area contributed by atoms with Crippen molar-refractivity contribution in [1.29, 1.82) is 0 Å². The van der Waals surface area contributed by atoms with Crippen LogP contribution in [0.3, 0.4) is 0 Å². The Kier molecular flexibility index (Phi) is 10.8. The molecule has 286 valence electrons. The average molecular weight is 757 g/mol. The standard InChI is InChI=1S/C45H52N6O3S/c1-8-44(3,4)29-20-23-39(34(26-29)45(5,6)9-2)54-25-15-14-24-46-42(53)33-28-38(31-16-10-11-17-32(31)41(33)52)51-36-22-21-30(27-35(36)48-49-51)47-43-50(7)37-18-12-13-19-40(37)55-43/h10-13,16-20,22-23,26-28,43,52H,8-9,14-15,21,24-25H2,1-7H3,(H,46,53). The minimum absolute atomic E-state index is 0.0117. The molecule has 1 amide bonds. The summed E-state index contributed by atoms with van der Waals surface area (Å²) in [7, 11) is 2.07. The minimum atomic E-state index is -0.343. The molecule has 5 aromatic rings. The molecule has 4 aromatic carbocycles. The summed E-state index contributed by atoms with van der Waals surface area (Å²) < 4.78 is 8.12. The molecule has 2 heterocycles. The number of hydrogen-bond donors (Lipinski definition) is 2. The second-order valence-electron chi connectivity index (χ2n) is 15.8. The molecule has 0 bridgehead atoms. The predicted octanol–water partition coefficient (Wildman–Crippen LogP) is 8.02. The number of para-hydroxylation sites is 1. The van der Waals surface area contributed by atoms with E-state index < -0.39 is 0 Å². The van der Waals surface area contributed by atoms with Crippen molar-refractivity contribution in [3.8, 4) is 17.2 Å². The van der Waals surface area contributed by atoms with E-state index in [0.29, 0.717) is 36.0 Å². The van der Waals surface area contributed by atoms with Crippen molar-refractivity contribution in [3.05, 3.63) is 100 Å². The van der Waals surface area contributed by atoms with Gasteiger partial charge in [-0.3, -0.25) is 9.79 Å². The van der Waals surface area contributed by atoms with Crippen LogP contribution in [0, 0.1) is 0 Å². The molecule has 2 aliphatic rings. The molecular formula is C45H52N6O3S. The lowest BCUT2D eigenvalue weighted by molar-refractivity contribution is 0.0950. The maximum Gasteiger partial charge on any atom is 0.255 e. The number of hydrogen-bond acceptors (Lipinski definition) is 8. The summed E-state index contributed by atoms with van der Waals surface area (Å²) in [5.74, 6) is 0.531. The maximum absolute atomic E-state index is 13.6. The van der Waals surface area contributed by atoms with Gasteiger partial charge in [0.05, 0.1) is 28.9 Å². The molecule has 1 unspecified atom stereocenters. The van der Waals surface area contributed by atoms with Crippen molar-refractivity contribution < 1.29 is 14.6 Å². The first-order valence-corrected chi connectivity index (χ1v) is 20.3. The van der Waals surface area contributed by atoms with Crippen LogP contribution in [0.25, 0.3) is 28.6 Å². The zero-order valence-corrected chi connectivity index (χ0v) is 33.8. The van der Waals surface area contributed by atoms with Crippen LogP contribution < -0.4 is 25.7 Å². The van der Waals surface area contributed by atoms with Gasteiger partial charge in [0.25, 0.3) is 5.91 Å². The van der Waals surface area contributed by atoms with Gasteiger partial charge in [-0.1, -0.05) is 113 Å². The van der Waals surface area contributed by atoms with E-state index in [2.05, 4.69) is 112 Å². The third-order valence-electron chi connectivity index (χ3n) is 11.5. The fourth-order valence-electron chi connectivity index (χ4n) is 7.09. The van der Waals surface area contributed by atoms with Gasteiger partial charge in [-0.05, 0) is 72.4 Å². The fourth-order valence-corrected chi connectivity index (χ4v) is 8.27. The lowest BCUT2D eigenvalue weighted by Gasteiger charge is -2.30. The number of amides is 1. The number of phenols is 1. The number of thioether (sulfide) groups is 1. The Balaban J connectivity index is 1.04. The molecule has 1 aliphatic heterocycles. The zero-order chi connectivity index (χ0) is 38.9. The van der Waals surface area contributed by atoms with Crippen LogP contribution in [0.15, 0.2) is 82.7 Å². The monoisotopic (exact) mass is 756 g/mol. The summed E-state index contributed by atoms with van der Waals surface area (Å²) in [6.45, 7) is 14.6. The van der Waals surface area contributed by atoms with E-state index in [0.717, 1.165) is 47.9 Å². The number of aliphatic imine (C=N–C) groups is 1. The summed E-state index contributed by atoms with van der Waals surface area (Å²) in [5, 5.41) is 26.3. The molecule has 2 N–H and O–H groups in total. The third-order valence-corrected chi connectivity index (χ3v) is 12.7.